The Morgan fingerprint density at radius 2 is 1.71 bits per heavy atom. The van der Waals surface area contributed by atoms with Crippen LogP contribution in [0.25, 0.3) is 0 Å². The summed E-state index contributed by atoms with van der Waals surface area (Å²) in [6.07, 6.45) is -4.43. The van der Waals surface area contributed by atoms with E-state index in [0.717, 1.165) is 49.9 Å². The molecular formula is C27H34F3N3OSi. The summed E-state index contributed by atoms with van der Waals surface area (Å²) in [5.41, 5.74) is 4.58. The second-order valence-electron chi connectivity index (χ2n) is 10.0. The first kappa shape index (κ1) is 27.0. The molecule has 0 unspecified atom stereocenters. The third-order valence-corrected chi connectivity index (χ3v) is 6.75. The standard InChI is InChI=1S/C27H34F3N3OSi/c1-5-32-12-14-33(15-13-32)20-23-9-10-24(19-25(23)27(28,29)30)31-26(34)18-22-8-6-7-21(17-22)11-16-35(2,3)4/h6-10,17,19H,5,12-15,18,20H2,1-4H3,(H,31,34). The summed E-state index contributed by atoms with van der Waals surface area (Å²) in [6.45, 7) is 12.9. The predicted molar refractivity (Wildman–Crippen MR) is 138 cm³/mol. The minimum Gasteiger partial charge on any atom is -0.326 e. The van der Waals surface area contributed by atoms with Gasteiger partial charge in [0.15, 0.2) is 0 Å². The van der Waals surface area contributed by atoms with Gasteiger partial charge in [-0.15, -0.1) is 5.54 Å². The first-order chi connectivity index (χ1) is 16.4. The maximum atomic E-state index is 13.8. The zero-order valence-electron chi connectivity index (χ0n) is 20.9. The lowest BCUT2D eigenvalue weighted by molar-refractivity contribution is -0.138. The summed E-state index contributed by atoms with van der Waals surface area (Å²) in [6, 6.07) is 11.5. The first-order valence-corrected chi connectivity index (χ1v) is 15.5. The first-order valence-electron chi connectivity index (χ1n) is 12.0. The van der Waals surface area contributed by atoms with Crippen LogP contribution in [0.2, 0.25) is 19.6 Å². The van der Waals surface area contributed by atoms with Gasteiger partial charge in [-0.25, -0.2) is 0 Å². The summed E-state index contributed by atoms with van der Waals surface area (Å²) in [5.74, 6) is 2.80. The number of halogens is 3. The number of likely N-dealkylation sites (N-methyl/N-ethyl adjacent to an activating group) is 1. The fourth-order valence-corrected chi connectivity index (χ4v) is 4.49. The molecule has 35 heavy (non-hydrogen) atoms. The van der Waals surface area contributed by atoms with E-state index in [2.05, 4.69) is 48.2 Å². The van der Waals surface area contributed by atoms with Crippen molar-refractivity contribution in [1.82, 2.24) is 9.80 Å². The fraction of sp³-hybridized carbons (Fsp3) is 0.444. The van der Waals surface area contributed by atoms with Crippen molar-refractivity contribution in [3.8, 4) is 11.5 Å². The number of rotatable bonds is 6. The predicted octanol–water partition coefficient (Wildman–Crippen LogP) is 5.25. The van der Waals surface area contributed by atoms with Gasteiger partial charge in [0.05, 0.1) is 12.0 Å². The van der Waals surface area contributed by atoms with Gasteiger partial charge in [0.2, 0.25) is 5.91 Å². The molecule has 1 N–H and O–H groups in total. The van der Waals surface area contributed by atoms with Crippen molar-refractivity contribution in [3.63, 3.8) is 0 Å². The maximum Gasteiger partial charge on any atom is 0.416 e. The summed E-state index contributed by atoms with van der Waals surface area (Å²) in [4.78, 5) is 16.9. The molecule has 4 nitrogen and oxygen atoms in total. The average molecular weight is 502 g/mol. The molecule has 1 amide bonds. The molecule has 188 valence electrons. The normalized spacial score (nSPS) is 15.4. The Morgan fingerprint density at radius 1 is 1.03 bits per heavy atom. The van der Waals surface area contributed by atoms with Gasteiger partial charge in [-0.2, -0.15) is 13.2 Å². The van der Waals surface area contributed by atoms with Crippen LogP contribution in [0.15, 0.2) is 42.5 Å². The highest BCUT2D eigenvalue weighted by atomic mass is 28.3. The van der Waals surface area contributed by atoms with Gasteiger partial charge in [-0.3, -0.25) is 9.69 Å². The number of hydrogen-bond donors (Lipinski definition) is 1. The summed E-state index contributed by atoms with van der Waals surface area (Å²) in [5, 5.41) is 2.63. The third kappa shape index (κ3) is 8.53. The summed E-state index contributed by atoms with van der Waals surface area (Å²) in [7, 11) is -1.52. The molecule has 0 atom stereocenters. The van der Waals surface area contributed by atoms with Gasteiger partial charge in [0, 0.05) is 44.0 Å². The van der Waals surface area contributed by atoms with E-state index in [1.165, 1.54) is 6.07 Å². The molecule has 0 aromatic heterocycles. The zero-order valence-corrected chi connectivity index (χ0v) is 21.9. The van der Waals surface area contributed by atoms with Crippen molar-refractivity contribution in [2.24, 2.45) is 0 Å². The van der Waals surface area contributed by atoms with Crippen molar-refractivity contribution in [3.05, 3.63) is 64.7 Å². The largest absolute Gasteiger partial charge is 0.416 e. The molecular weight excluding hydrogens is 467 g/mol. The van der Waals surface area contributed by atoms with Crippen LogP contribution in [0, 0.1) is 11.5 Å². The molecule has 3 rings (SSSR count). The zero-order chi connectivity index (χ0) is 25.6. The van der Waals surface area contributed by atoms with Crippen molar-refractivity contribution in [1.29, 1.82) is 0 Å². The van der Waals surface area contributed by atoms with Crippen LogP contribution >= 0.6 is 0 Å². The fourth-order valence-electron chi connectivity index (χ4n) is 3.97. The Balaban J connectivity index is 1.69. The summed E-state index contributed by atoms with van der Waals surface area (Å²) >= 11 is 0. The van der Waals surface area contributed by atoms with Crippen LogP contribution in [0.4, 0.5) is 18.9 Å². The Kier molecular flexibility index (Phi) is 8.81. The van der Waals surface area contributed by atoms with E-state index in [0.29, 0.717) is 0 Å². The lowest BCUT2D eigenvalue weighted by atomic mass is 10.0. The van der Waals surface area contributed by atoms with E-state index in [-0.39, 0.29) is 30.1 Å². The number of carbonyl (C=O) groups is 1. The van der Waals surface area contributed by atoms with Crippen LogP contribution < -0.4 is 5.32 Å². The number of anilines is 1. The Labute approximate surface area is 207 Å². The Bertz CT molecular complexity index is 1090. The molecule has 2 aromatic carbocycles. The minimum absolute atomic E-state index is 0.0628. The number of nitrogens with zero attached hydrogens (tertiary/aromatic N) is 2. The van der Waals surface area contributed by atoms with E-state index < -0.39 is 19.8 Å². The molecule has 2 aromatic rings. The molecule has 1 heterocycles. The number of piperazine rings is 1. The third-order valence-electron chi connectivity index (χ3n) is 5.88. The quantitative estimate of drug-likeness (QED) is 0.434. The van der Waals surface area contributed by atoms with Crippen LogP contribution in [-0.2, 0) is 23.9 Å². The highest BCUT2D eigenvalue weighted by Crippen LogP contribution is 2.34. The van der Waals surface area contributed by atoms with Gasteiger partial charge < -0.3 is 10.2 Å². The number of nitrogens with one attached hydrogen (secondary N) is 1. The number of hydrogen-bond acceptors (Lipinski definition) is 3. The number of amides is 1. The van der Waals surface area contributed by atoms with Gasteiger partial charge >= 0.3 is 6.18 Å². The van der Waals surface area contributed by atoms with Gasteiger partial charge in [-0.1, -0.05) is 50.7 Å². The molecule has 8 heteroatoms. The number of alkyl halides is 3. The SMILES string of the molecule is CCN1CCN(Cc2ccc(NC(=O)Cc3cccc(C#C[Si](C)(C)C)c3)cc2C(F)(F)F)CC1. The molecule has 1 saturated heterocycles. The topological polar surface area (TPSA) is 35.6 Å². The molecule has 0 saturated carbocycles. The van der Waals surface area contributed by atoms with Crippen LogP contribution in [-0.4, -0.2) is 56.5 Å². The Hall–Kier alpha value is -2.60. The van der Waals surface area contributed by atoms with E-state index in [1.807, 2.05) is 29.2 Å². The molecule has 0 spiro atoms. The monoisotopic (exact) mass is 501 g/mol. The molecule has 0 bridgehead atoms. The maximum absolute atomic E-state index is 13.8. The second kappa shape index (κ2) is 11.4. The van der Waals surface area contributed by atoms with Gasteiger partial charge in [0.25, 0.3) is 0 Å². The van der Waals surface area contributed by atoms with Crippen molar-refractivity contribution < 1.29 is 18.0 Å². The van der Waals surface area contributed by atoms with Gasteiger partial charge in [-0.05, 0) is 41.9 Å². The van der Waals surface area contributed by atoms with E-state index in [1.54, 1.807) is 6.07 Å². The number of carbonyl (C=O) groups excluding carboxylic acids is 1. The van der Waals surface area contributed by atoms with Crippen molar-refractivity contribution in [2.75, 3.05) is 38.0 Å². The van der Waals surface area contributed by atoms with E-state index in [9.17, 15) is 18.0 Å². The molecule has 0 radical (unpaired) electrons. The Morgan fingerprint density at radius 3 is 2.34 bits per heavy atom. The molecule has 1 aliphatic rings. The lowest BCUT2D eigenvalue weighted by Crippen LogP contribution is -2.45. The van der Waals surface area contributed by atoms with Crippen LogP contribution in [0.3, 0.4) is 0 Å². The highest BCUT2D eigenvalue weighted by Gasteiger charge is 2.34. The van der Waals surface area contributed by atoms with Crippen LogP contribution in [0.5, 0.6) is 0 Å². The number of benzene rings is 2. The van der Waals surface area contributed by atoms with Crippen molar-refractivity contribution >= 4 is 19.7 Å². The van der Waals surface area contributed by atoms with Crippen molar-refractivity contribution in [2.45, 2.75) is 45.7 Å². The van der Waals surface area contributed by atoms with Gasteiger partial charge in [0.1, 0.15) is 8.07 Å². The van der Waals surface area contributed by atoms with E-state index in [4.69, 9.17) is 0 Å². The summed E-state index contributed by atoms with van der Waals surface area (Å²) < 4.78 is 41.5. The minimum atomic E-state index is -4.50. The van der Waals surface area contributed by atoms with Crippen LogP contribution in [0.1, 0.15) is 29.2 Å². The molecule has 1 aliphatic heterocycles. The smallest absolute Gasteiger partial charge is 0.326 e. The highest BCUT2D eigenvalue weighted by molar-refractivity contribution is 6.83. The molecule has 1 fully saturated rings. The lowest BCUT2D eigenvalue weighted by Gasteiger charge is -2.34. The molecule has 0 aliphatic carbocycles. The van der Waals surface area contributed by atoms with E-state index >= 15 is 0 Å². The average Bonchev–Trinajstić information content (AvgIpc) is 2.78. The second-order valence-corrected chi connectivity index (χ2v) is 14.8.